The second-order valence-corrected chi connectivity index (χ2v) is 3.97. The number of hydrogen-bond donors (Lipinski definition) is 1. The Hall–Kier alpha value is -0.540. The van der Waals surface area contributed by atoms with Gasteiger partial charge in [-0.05, 0) is 22.0 Å². The van der Waals surface area contributed by atoms with Crippen molar-refractivity contribution in [3.8, 4) is 5.75 Å². The molecular weight excluding hydrogens is 224 g/mol. The first kappa shape index (κ1) is 7.13. The molecule has 2 aromatic rings. The van der Waals surface area contributed by atoms with E-state index in [1.165, 1.54) is 0 Å². The summed E-state index contributed by atoms with van der Waals surface area (Å²) in [7, 11) is 0. The van der Waals surface area contributed by atoms with Crippen molar-refractivity contribution in [3.05, 3.63) is 28.1 Å². The zero-order valence-electron chi connectivity index (χ0n) is 5.54. The minimum atomic E-state index is 0.359. The fourth-order valence-corrected chi connectivity index (χ4v) is 2.59. The molecule has 1 nitrogen and oxygen atoms in total. The lowest BCUT2D eigenvalue weighted by Crippen LogP contribution is -1.64. The van der Waals surface area contributed by atoms with Gasteiger partial charge in [0.05, 0.1) is 4.70 Å². The van der Waals surface area contributed by atoms with Crippen LogP contribution in [0.1, 0.15) is 0 Å². The third-order valence-corrected chi connectivity index (χ3v) is 3.51. The summed E-state index contributed by atoms with van der Waals surface area (Å²) in [6.07, 6.45) is 0. The highest BCUT2D eigenvalue weighted by atomic mass is 79.9. The van der Waals surface area contributed by atoms with Crippen molar-refractivity contribution in [2.75, 3.05) is 0 Å². The molecule has 0 aliphatic carbocycles. The van der Waals surface area contributed by atoms with Gasteiger partial charge < -0.3 is 5.11 Å². The van der Waals surface area contributed by atoms with Crippen molar-refractivity contribution < 1.29 is 5.11 Å². The van der Waals surface area contributed by atoms with E-state index in [0.717, 1.165) is 14.6 Å². The summed E-state index contributed by atoms with van der Waals surface area (Å²) in [5, 5.41) is 12.4. The van der Waals surface area contributed by atoms with Gasteiger partial charge in [-0.15, -0.1) is 11.3 Å². The minimum absolute atomic E-state index is 0.359. The lowest BCUT2D eigenvalue weighted by Gasteiger charge is -1.92. The van der Waals surface area contributed by atoms with Crippen LogP contribution in [-0.4, -0.2) is 5.11 Å². The van der Waals surface area contributed by atoms with Crippen LogP contribution in [0.25, 0.3) is 10.1 Å². The van der Waals surface area contributed by atoms with Crippen molar-refractivity contribution in [1.82, 2.24) is 0 Å². The maximum atomic E-state index is 9.37. The summed E-state index contributed by atoms with van der Waals surface area (Å²) in [6.45, 7) is 0. The van der Waals surface area contributed by atoms with Crippen LogP contribution in [0.4, 0.5) is 0 Å². The van der Waals surface area contributed by atoms with E-state index in [-0.39, 0.29) is 0 Å². The molecule has 11 heavy (non-hydrogen) atoms. The summed E-state index contributed by atoms with van der Waals surface area (Å²) in [4.78, 5) is 0. The SMILES string of the molecule is Oc1cccc2c(Br)csc12. The largest absolute Gasteiger partial charge is 0.506 e. The Morgan fingerprint density at radius 1 is 1.36 bits per heavy atom. The Bertz CT molecular complexity index is 394. The molecule has 1 aromatic carbocycles. The Balaban J connectivity index is 2.94. The second kappa shape index (κ2) is 2.50. The van der Waals surface area contributed by atoms with Gasteiger partial charge in [0, 0.05) is 15.2 Å². The molecule has 3 heteroatoms. The fraction of sp³-hybridized carbons (Fsp3) is 0. The molecule has 1 heterocycles. The van der Waals surface area contributed by atoms with Crippen molar-refractivity contribution in [2.45, 2.75) is 0 Å². The van der Waals surface area contributed by atoms with Gasteiger partial charge in [0.25, 0.3) is 0 Å². The van der Waals surface area contributed by atoms with Crippen LogP contribution in [0.5, 0.6) is 5.75 Å². The number of aromatic hydroxyl groups is 1. The van der Waals surface area contributed by atoms with Crippen LogP contribution in [0.2, 0.25) is 0 Å². The van der Waals surface area contributed by atoms with Crippen LogP contribution in [-0.2, 0) is 0 Å². The van der Waals surface area contributed by atoms with Gasteiger partial charge in [0.1, 0.15) is 5.75 Å². The van der Waals surface area contributed by atoms with Crippen LogP contribution in [0.15, 0.2) is 28.1 Å². The van der Waals surface area contributed by atoms with Gasteiger partial charge in [-0.3, -0.25) is 0 Å². The van der Waals surface area contributed by atoms with Gasteiger partial charge in [-0.25, -0.2) is 0 Å². The number of benzene rings is 1. The molecule has 0 fully saturated rings. The molecule has 0 saturated heterocycles. The van der Waals surface area contributed by atoms with Crippen molar-refractivity contribution in [1.29, 1.82) is 0 Å². The number of rotatable bonds is 0. The maximum absolute atomic E-state index is 9.37. The smallest absolute Gasteiger partial charge is 0.133 e. The van der Waals surface area contributed by atoms with Gasteiger partial charge in [-0.1, -0.05) is 12.1 Å². The van der Waals surface area contributed by atoms with Gasteiger partial charge >= 0.3 is 0 Å². The average Bonchev–Trinajstić information content (AvgIpc) is 2.35. The molecule has 56 valence electrons. The third-order valence-electron chi connectivity index (χ3n) is 1.53. The van der Waals surface area contributed by atoms with Crippen LogP contribution in [0.3, 0.4) is 0 Å². The molecule has 0 radical (unpaired) electrons. The molecule has 1 N–H and O–H groups in total. The highest BCUT2D eigenvalue weighted by Gasteiger charge is 2.03. The molecule has 1 aromatic heterocycles. The van der Waals surface area contributed by atoms with E-state index in [0.29, 0.717) is 5.75 Å². The number of hydrogen-bond acceptors (Lipinski definition) is 2. The van der Waals surface area contributed by atoms with Crippen molar-refractivity contribution in [3.63, 3.8) is 0 Å². The Morgan fingerprint density at radius 3 is 2.91 bits per heavy atom. The van der Waals surface area contributed by atoms with Gasteiger partial charge in [0.15, 0.2) is 0 Å². The monoisotopic (exact) mass is 228 g/mol. The lowest BCUT2D eigenvalue weighted by molar-refractivity contribution is 0.482. The molecule has 0 aliphatic rings. The van der Waals surface area contributed by atoms with Gasteiger partial charge in [0.2, 0.25) is 0 Å². The van der Waals surface area contributed by atoms with E-state index in [9.17, 15) is 5.11 Å². The average molecular weight is 229 g/mol. The number of phenols is 1. The van der Waals surface area contributed by atoms with E-state index >= 15 is 0 Å². The molecule has 0 atom stereocenters. The quantitative estimate of drug-likeness (QED) is 0.734. The summed E-state index contributed by atoms with van der Waals surface area (Å²) >= 11 is 4.94. The zero-order valence-corrected chi connectivity index (χ0v) is 7.95. The molecule has 0 spiro atoms. The first-order valence-electron chi connectivity index (χ1n) is 3.14. The Kier molecular flexibility index (Phi) is 1.62. The molecule has 0 aliphatic heterocycles. The number of phenolic OH excluding ortho intramolecular Hbond substituents is 1. The molecule has 0 bridgehead atoms. The van der Waals surface area contributed by atoms with Crippen molar-refractivity contribution in [2.24, 2.45) is 0 Å². The number of halogens is 1. The van der Waals surface area contributed by atoms with E-state index in [2.05, 4.69) is 15.9 Å². The predicted molar refractivity (Wildman–Crippen MR) is 51.2 cm³/mol. The molecular formula is C8H5BrOS. The van der Waals surface area contributed by atoms with Crippen LogP contribution < -0.4 is 0 Å². The molecule has 0 saturated carbocycles. The zero-order chi connectivity index (χ0) is 7.84. The third kappa shape index (κ3) is 1.04. The van der Waals surface area contributed by atoms with E-state index < -0.39 is 0 Å². The highest BCUT2D eigenvalue weighted by Crippen LogP contribution is 2.35. The Morgan fingerprint density at radius 2 is 2.18 bits per heavy atom. The normalized spacial score (nSPS) is 10.6. The summed E-state index contributed by atoms with van der Waals surface area (Å²) in [6, 6.07) is 5.52. The first-order valence-corrected chi connectivity index (χ1v) is 4.81. The molecule has 0 amide bonds. The highest BCUT2D eigenvalue weighted by molar-refractivity contribution is 9.10. The van der Waals surface area contributed by atoms with E-state index in [4.69, 9.17) is 0 Å². The van der Waals surface area contributed by atoms with E-state index in [1.807, 2.05) is 17.5 Å². The topological polar surface area (TPSA) is 20.2 Å². The molecule has 0 unspecified atom stereocenters. The maximum Gasteiger partial charge on any atom is 0.133 e. The number of fused-ring (bicyclic) bond motifs is 1. The summed E-state index contributed by atoms with van der Waals surface area (Å²) < 4.78 is 1.99. The lowest BCUT2D eigenvalue weighted by atomic mass is 10.2. The molecule has 2 rings (SSSR count). The summed E-state index contributed by atoms with van der Waals surface area (Å²) in [5.74, 6) is 0.359. The fourth-order valence-electron chi connectivity index (χ4n) is 1.01. The standard InChI is InChI=1S/C8H5BrOS/c9-6-4-11-8-5(6)2-1-3-7(8)10/h1-4,10H. The van der Waals surface area contributed by atoms with E-state index in [1.54, 1.807) is 17.4 Å². The van der Waals surface area contributed by atoms with Crippen molar-refractivity contribution >= 4 is 37.4 Å². The summed E-state index contributed by atoms with van der Waals surface area (Å²) in [5.41, 5.74) is 0. The minimum Gasteiger partial charge on any atom is -0.506 e. The van der Waals surface area contributed by atoms with Crippen LogP contribution in [0, 0.1) is 0 Å². The first-order chi connectivity index (χ1) is 5.29. The number of thiophene rings is 1. The van der Waals surface area contributed by atoms with Crippen LogP contribution >= 0.6 is 27.3 Å². The second-order valence-electron chi connectivity index (χ2n) is 2.24. The Labute approximate surface area is 76.4 Å². The van der Waals surface area contributed by atoms with Gasteiger partial charge in [-0.2, -0.15) is 0 Å². The predicted octanol–water partition coefficient (Wildman–Crippen LogP) is 3.37.